The molecule has 1 unspecified atom stereocenters. The number of halogens is 1. The van der Waals surface area contributed by atoms with Crippen molar-refractivity contribution in [2.45, 2.75) is 33.4 Å². The number of nitrogens with zero attached hydrogens (tertiary/aromatic N) is 2. The maximum absolute atomic E-state index is 5.71. The van der Waals surface area contributed by atoms with Crippen molar-refractivity contribution in [3.63, 3.8) is 0 Å². The third kappa shape index (κ3) is 4.43. The molecule has 0 saturated heterocycles. The summed E-state index contributed by atoms with van der Waals surface area (Å²) in [7, 11) is 2.17. The molecule has 0 spiro atoms. The molecule has 1 heterocycles. The van der Waals surface area contributed by atoms with Crippen LogP contribution in [0.4, 0.5) is 5.13 Å². The van der Waals surface area contributed by atoms with Gasteiger partial charge in [0.15, 0.2) is 5.13 Å². The summed E-state index contributed by atoms with van der Waals surface area (Å²) in [5.74, 6) is 0.548. The van der Waals surface area contributed by atoms with E-state index in [1.807, 2.05) is 6.20 Å². The van der Waals surface area contributed by atoms with Crippen molar-refractivity contribution < 1.29 is 0 Å². The summed E-state index contributed by atoms with van der Waals surface area (Å²) >= 11 is 1.57. The first-order valence-electron chi connectivity index (χ1n) is 6.95. The van der Waals surface area contributed by atoms with Gasteiger partial charge in [0, 0.05) is 23.7 Å². The van der Waals surface area contributed by atoms with Crippen molar-refractivity contribution in [3.8, 4) is 0 Å². The number of thiazole rings is 1. The molecule has 1 aromatic carbocycles. The molecule has 0 aliphatic rings. The lowest BCUT2D eigenvalue weighted by Gasteiger charge is -2.32. The Morgan fingerprint density at radius 3 is 2.48 bits per heavy atom. The SMILES string of the molecule is Cc1ccccc1C(C(C)C)N(C)Cc1cnc(N)s1.Cl. The van der Waals surface area contributed by atoms with E-state index in [0.717, 1.165) is 6.54 Å². The highest BCUT2D eigenvalue weighted by Gasteiger charge is 2.22. The third-order valence-electron chi connectivity index (χ3n) is 3.59. The van der Waals surface area contributed by atoms with E-state index in [9.17, 15) is 0 Å². The van der Waals surface area contributed by atoms with Crippen molar-refractivity contribution in [2.75, 3.05) is 12.8 Å². The number of hydrogen-bond donors (Lipinski definition) is 1. The molecule has 3 nitrogen and oxygen atoms in total. The second-order valence-electron chi connectivity index (χ2n) is 5.63. The van der Waals surface area contributed by atoms with Crippen LogP contribution in [0.25, 0.3) is 0 Å². The van der Waals surface area contributed by atoms with Gasteiger partial charge in [-0.25, -0.2) is 4.98 Å². The van der Waals surface area contributed by atoms with Gasteiger partial charge in [-0.1, -0.05) is 38.1 Å². The quantitative estimate of drug-likeness (QED) is 0.892. The van der Waals surface area contributed by atoms with Crippen molar-refractivity contribution in [3.05, 3.63) is 46.5 Å². The second-order valence-corrected chi connectivity index (χ2v) is 6.77. The second kappa shape index (κ2) is 7.78. The van der Waals surface area contributed by atoms with Crippen LogP contribution in [0.5, 0.6) is 0 Å². The largest absolute Gasteiger partial charge is 0.375 e. The zero-order valence-electron chi connectivity index (χ0n) is 13.0. The molecule has 0 radical (unpaired) electrons. The highest BCUT2D eigenvalue weighted by Crippen LogP contribution is 2.31. The number of hydrogen-bond acceptors (Lipinski definition) is 4. The monoisotopic (exact) mass is 325 g/mol. The standard InChI is InChI=1S/C16H23N3S.ClH/c1-11(2)15(14-8-6-5-7-12(14)3)19(4)10-13-9-18-16(17)20-13;/h5-9,11,15H,10H2,1-4H3,(H2,17,18);1H. The molecule has 21 heavy (non-hydrogen) atoms. The van der Waals surface area contributed by atoms with Crippen LogP contribution in [0.2, 0.25) is 0 Å². The number of nitrogens with two attached hydrogens (primary N) is 1. The van der Waals surface area contributed by atoms with E-state index < -0.39 is 0 Å². The minimum Gasteiger partial charge on any atom is -0.375 e. The molecule has 5 heteroatoms. The van der Waals surface area contributed by atoms with Crippen LogP contribution < -0.4 is 5.73 Å². The topological polar surface area (TPSA) is 42.2 Å². The van der Waals surface area contributed by atoms with E-state index in [2.05, 4.69) is 62.0 Å². The fourth-order valence-corrected chi connectivity index (χ4v) is 3.51. The first kappa shape index (κ1) is 18.0. The van der Waals surface area contributed by atoms with Gasteiger partial charge in [-0.15, -0.1) is 23.7 Å². The Kier molecular flexibility index (Phi) is 6.65. The summed E-state index contributed by atoms with van der Waals surface area (Å²) < 4.78 is 0. The Hall–Kier alpha value is -1.10. The number of aromatic nitrogens is 1. The van der Waals surface area contributed by atoms with Gasteiger partial charge in [0.2, 0.25) is 0 Å². The maximum atomic E-state index is 5.71. The zero-order valence-corrected chi connectivity index (χ0v) is 14.7. The van der Waals surface area contributed by atoms with Gasteiger partial charge in [-0.3, -0.25) is 4.90 Å². The number of anilines is 1. The first-order chi connectivity index (χ1) is 9.49. The summed E-state index contributed by atoms with van der Waals surface area (Å²) in [5, 5.41) is 0.644. The zero-order chi connectivity index (χ0) is 14.7. The Labute approximate surface area is 137 Å². The molecule has 2 aromatic rings. The molecule has 0 amide bonds. The molecule has 2 rings (SSSR count). The first-order valence-corrected chi connectivity index (χ1v) is 7.76. The number of rotatable bonds is 5. The number of nitrogen functional groups attached to an aromatic ring is 1. The van der Waals surface area contributed by atoms with Crippen LogP contribution in [0, 0.1) is 12.8 Å². The van der Waals surface area contributed by atoms with Crippen LogP contribution in [-0.4, -0.2) is 16.9 Å². The predicted molar refractivity (Wildman–Crippen MR) is 94.0 cm³/mol. The van der Waals surface area contributed by atoms with Crippen LogP contribution in [0.15, 0.2) is 30.5 Å². The Morgan fingerprint density at radius 1 is 1.29 bits per heavy atom. The van der Waals surface area contributed by atoms with Gasteiger partial charge in [-0.2, -0.15) is 0 Å². The van der Waals surface area contributed by atoms with Crippen LogP contribution in [-0.2, 0) is 6.54 Å². The molecular weight excluding hydrogens is 302 g/mol. The smallest absolute Gasteiger partial charge is 0.180 e. The van der Waals surface area contributed by atoms with Gasteiger partial charge in [-0.05, 0) is 31.0 Å². The molecule has 0 aliphatic heterocycles. The molecule has 1 aromatic heterocycles. The molecule has 2 N–H and O–H groups in total. The molecule has 0 saturated carbocycles. The fourth-order valence-electron chi connectivity index (χ4n) is 2.76. The molecule has 0 fully saturated rings. The fraction of sp³-hybridized carbons (Fsp3) is 0.438. The van der Waals surface area contributed by atoms with Gasteiger partial charge in [0.1, 0.15) is 0 Å². The molecule has 0 bridgehead atoms. The highest BCUT2D eigenvalue weighted by molar-refractivity contribution is 7.15. The molecule has 116 valence electrons. The van der Waals surface area contributed by atoms with Gasteiger partial charge >= 0.3 is 0 Å². The van der Waals surface area contributed by atoms with E-state index >= 15 is 0 Å². The maximum Gasteiger partial charge on any atom is 0.180 e. The van der Waals surface area contributed by atoms with Crippen LogP contribution >= 0.6 is 23.7 Å². The third-order valence-corrected chi connectivity index (χ3v) is 4.40. The van der Waals surface area contributed by atoms with Crippen LogP contribution in [0.1, 0.15) is 35.9 Å². The number of aryl methyl sites for hydroxylation is 1. The van der Waals surface area contributed by atoms with Crippen molar-refractivity contribution in [1.29, 1.82) is 0 Å². The van der Waals surface area contributed by atoms with E-state index in [0.29, 0.717) is 17.1 Å². The van der Waals surface area contributed by atoms with E-state index in [-0.39, 0.29) is 12.4 Å². The lowest BCUT2D eigenvalue weighted by Crippen LogP contribution is -2.28. The van der Waals surface area contributed by atoms with Crippen molar-refractivity contribution in [1.82, 2.24) is 9.88 Å². The summed E-state index contributed by atoms with van der Waals surface area (Å²) in [6.07, 6.45) is 1.88. The van der Waals surface area contributed by atoms with Crippen molar-refractivity contribution >= 4 is 28.9 Å². The summed E-state index contributed by atoms with van der Waals surface area (Å²) in [5.41, 5.74) is 8.47. The van der Waals surface area contributed by atoms with E-state index in [1.165, 1.54) is 16.0 Å². The Bertz CT molecular complexity index is 568. The minimum atomic E-state index is 0. The lowest BCUT2D eigenvalue weighted by atomic mass is 9.91. The van der Waals surface area contributed by atoms with Crippen molar-refractivity contribution in [2.24, 2.45) is 5.92 Å². The Balaban J connectivity index is 0.00000220. The predicted octanol–water partition coefficient (Wildman–Crippen LogP) is 4.28. The normalized spacial score (nSPS) is 12.5. The van der Waals surface area contributed by atoms with Gasteiger partial charge in [0.25, 0.3) is 0 Å². The summed E-state index contributed by atoms with van der Waals surface area (Å²) in [6.45, 7) is 7.61. The van der Waals surface area contributed by atoms with E-state index in [4.69, 9.17) is 5.73 Å². The Morgan fingerprint density at radius 2 is 1.95 bits per heavy atom. The lowest BCUT2D eigenvalue weighted by molar-refractivity contribution is 0.187. The van der Waals surface area contributed by atoms with Gasteiger partial charge < -0.3 is 5.73 Å². The highest BCUT2D eigenvalue weighted by atomic mass is 35.5. The van der Waals surface area contributed by atoms with Crippen LogP contribution in [0.3, 0.4) is 0 Å². The average Bonchev–Trinajstić information content (AvgIpc) is 2.77. The van der Waals surface area contributed by atoms with E-state index in [1.54, 1.807) is 11.3 Å². The minimum absolute atomic E-state index is 0. The molecular formula is C16H24ClN3S. The molecule has 0 aliphatic carbocycles. The van der Waals surface area contributed by atoms with Gasteiger partial charge in [0.05, 0.1) is 0 Å². The average molecular weight is 326 g/mol. The molecule has 1 atom stereocenters. The summed E-state index contributed by atoms with van der Waals surface area (Å²) in [6, 6.07) is 9.04. The summed E-state index contributed by atoms with van der Waals surface area (Å²) in [4.78, 5) is 7.73. The number of benzene rings is 1.